The second-order valence-electron chi connectivity index (χ2n) is 6.42. The van der Waals surface area contributed by atoms with Crippen molar-refractivity contribution in [2.75, 3.05) is 0 Å². The van der Waals surface area contributed by atoms with Crippen molar-refractivity contribution in [3.05, 3.63) is 11.1 Å². The van der Waals surface area contributed by atoms with Gasteiger partial charge in [0.05, 0.1) is 6.10 Å². The van der Waals surface area contributed by atoms with E-state index >= 15 is 0 Å². The highest BCUT2D eigenvalue weighted by atomic mass is 16.3. The third kappa shape index (κ3) is 1.46. The van der Waals surface area contributed by atoms with Crippen molar-refractivity contribution in [3.63, 3.8) is 0 Å². The molecule has 0 spiro atoms. The highest BCUT2D eigenvalue weighted by Gasteiger charge is 2.52. The normalized spacial score (nSPS) is 45.8. The van der Waals surface area contributed by atoms with E-state index in [1.54, 1.807) is 0 Å². The summed E-state index contributed by atoms with van der Waals surface area (Å²) in [6.45, 7) is 4.27. The first-order chi connectivity index (χ1) is 8.04. The summed E-state index contributed by atoms with van der Waals surface area (Å²) in [6, 6.07) is 0. The van der Waals surface area contributed by atoms with Crippen LogP contribution in [-0.4, -0.2) is 17.0 Å². The Hall–Kier alpha value is -0.630. The van der Waals surface area contributed by atoms with Gasteiger partial charge in [0.1, 0.15) is 0 Å². The molecule has 3 rings (SSSR count). The Bertz CT molecular complexity index is 396. The van der Waals surface area contributed by atoms with Crippen molar-refractivity contribution in [2.45, 2.75) is 58.5 Å². The van der Waals surface area contributed by atoms with Crippen LogP contribution in [0.3, 0.4) is 0 Å². The van der Waals surface area contributed by atoms with Gasteiger partial charge < -0.3 is 5.11 Å². The smallest absolute Gasteiger partial charge is 0.158 e. The van der Waals surface area contributed by atoms with Gasteiger partial charge in [-0.25, -0.2) is 0 Å². The van der Waals surface area contributed by atoms with Crippen LogP contribution in [0, 0.1) is 17.3 Å². The number of carbonyl (C=O) groups is 1. The molecule has 0 saturated heterocycles. The molecule has 2 nitrogen and oxygen atoms in total. The maximum atomic E-state index is 11.8. The number of aliphatic hydroxyl groups excluding tert-OH is 1. The first-order valence-electron chi connectivity index (χ1n) is 6.95. The van der Waals surface area contributed by atoms with Crippen LogP contribution in [0.5, 0.6) is 0 Å². The maximum absolute atomic E-state index is 11.8. The molecule has 2 saturated carbocycles. The van der Waals surface area contributed by atoms with Crippen LogP contribution < -0.4 is 0 Å². The van der Waals surface area contributed by atoms with Gasteiger partial charge in [-0.05, 0) is 61.9 Å². The van der Waals surface area contributed by atoms with E-state index in [0.29, 0.717) is 17.6 Å². The second-order valence-corrected chi connectivity index (χ2v) is 6.42. The van der Waals surface area contributed by atoms with Crippen molar-refractivity contribution in [1.82, 2.24) is 0 Å². The molecule has 0 bridgehead atoms. The fourth-order valence-electron chi connectivity index (χ4n) is 4.58. The lowest BCUT2D eigenvalue weighted by molar-refractivity contribution is -0.117. The summed E-state index contributed by atoms with van der Waals surface area (Å²) in [5.74, 6) is 1.56. The molecule has 3 aliphatic carbocycles. The predicted octanol–water partition coefficient (Wildman–Crippen LogP) is 2.85. The number of rotatable bonds is 0. The predicted molar refractivity (Wildman–Crippen MR) is 66.5 cm³/mol. The molecule has 3 aliphatic rings. The average Bonchev–Trinajstić information content (AvgIpc) is 2.61. The minimum absolute atomic E-state index is 0.119. The Kier molecular flexibility index (Phi) is 2.48. The molecule has 2 fully saturated rings. The van der Waals surface area contributed by atoms with Gasteiger partial charge in [-0.2, -0.15) is 0 Å². The zero-order chi connectivity index (χ0) is 12.2. The van der Waals surface area contributed by atoms with Crippen molar-refractivity contribution in [1.29, 1.82) is 0 Å². The van der Waals surface area contributed by atoms with Gasteiger partial charge in [0.25, 0.3) is 0 Å². The molecule has 0 aromatic carbocycles. The Morgan fingerprint density at radius 1 is 1.24 bits per heavy atom. The summed E-state index contributed by atoms with van der Waals surface area (Å²) in [5, 5.41) is 10.2. The molecule has 0 heterocycles. The monoisotopic (exact) mass is 234 g/mol. The van der Waals surface area contributed by atoms with E-state index in [-0.39, 0.29) is 11.5 Å². The molecule has 17 heavy (non-hydrogen) atoms. The number of ketones is 1. The van der Waals surface area contributed by atoms with Crippen LogP contribution in [0.4, 0.5) is 0 Å². The third-order valence-corrected chi connectivity index (χ3v) is 5.81. The molecule has 1 N–H and O–H groups in total. The molecule has 2 heteroatoms. The standard InChI is InChI=1S/C15H22O2/c1-9-10-7-8-15(2)12(4-6-14(15)17)11(10)3-5-13(9)16/h11-12,14,17H,3-8H2,1-2H3/t11-,12?,14?,15?/m1/s1. The number of hydrogen-bond acceptors (Lipinski definition) is 2. The van der Waals surface area contributed by atoms with Crippen LogP contribution in [0.2, 0.25) is 0 Å². The van der Waals surface area contributed by atoms with Crippen molar-refractivity contribution >= 4 is 5.78 Å². The topological polar surface area (TPSA) is 37.3 Å². The molecule has 0 radical (unpaired) electrons. The summed E-state index contributed by atoms with van der Waals surface area (Å²) in [6.07, 6.45) is 5.83. The molecule has 0 aliphatic heterocycles. The lowest BCUT2D eigenvalue weighted by Gasteiger charge is -2.46. The van der Waals surface area contributed by atoms with Crippen LogP contribution in [0.25, 0.3) is 0 Å². The third-order valence-electron chi connectivity index (χ3n) is 5.81. The lowest BCUT2D eigenvalue weighted by Crippen LogP contribution is -2.42. The van der Waals surface area contributed by atoms with E-state index < -0.39 is 0 Å². The molecule has 4 atom stereocenters. The number of fused-ring (bicyclic) bond motifs is 3. The Balaban J connectivity index is 1.99. The van der Waals surface area contributed by atoms with Crippen molar-refractivity contribution in [3.8, 4) is 0 Å². The molecule has 0 aromatic rings. The Morgan fingerprint density at radius 2 is 2.00 bits per heavy atom. The van der Waals surface area contributed by atoms with E-state index in [9.17, 15) is 9.90 Å². The van der Waals surface area contributed by atoms with Gasteiger partial charge in [-0.3, -0.25) is 4.79 Å². The highest BCUT2D eigenvalue weighted by molar-refractivity contribution is 5.96. The number of aliphatic hydroxyl groups is 1. The molecule has 0 aromatic heterocycles. The zero-order valence-corrected chi connectivity index (χ0v) is 10.8. The number of Topliss-reactive ketones (excluding diaryl/α,β-unsaturated/α-hetero) is 1. The van der Waals surface area contributed by atoms with E-state index in [2.05, 4.69) is 6.92 Å². The number of hydrogen-bond donors (Lipinski definition) is 1. The fourth-order valence-corrected chi connectivity index (χ4v) is 4.58. The molecule has 3 unspecified atom stereocenters. The summed E-state index contributed by atoms with van der Waals surface area (Å²) in [5.41, 5.74) is 2.59. The fraction of sp³-hybridized carbons (Fsp3) is 0.800. The summed E-state index contributed by atoms with van der Waals surface area (Å²) >= 11 is 0. The van der Waals surface area contributed by atoms with Crippen molar-refractivity contribution in [2.24, 2.45) is 17.3 Å². The van der Waals surface area contributed by atoms with Gasteiger partial charge in [0.2, 0.25) is 0 Å². The summed E-state index contributed by atoms with van der Waals surface area (Å²) < 4.78 is 0. The first-order valence-corrected chi connectivity index (χ1v) is 6.95. The second kappa shape index (κ2) is 3.68. The van der Waals surface area contributed by atoms with E-state index in [4.69, 9.17) is 0 Å². The molecular weight excluding hydrogens is 212 g/mol. The number of allylic oxidation sites excluding steroid dienone is 2. The van der Waals surface area contributed by atoms with Crippen LogP contribution in [0.1, 0.15) is 52.4 Å². The summed E-state index contributed by atoms with van der Waals surface area (Å²) in [7, 11) is 0. The highest BCUT2D eigenvalue weighted by Crippen LogP contribution is 2.58. The van der Waals surface area contributed by atoms with Crippen LogP contribution >= 0.6 is 0 Å². The van der Waals surface area contributed by atoms with Gasteiger partial charge in [0, 0.05) is 6.42 Å². The maximum Gasteiger partial charge on any atom is 0.158 e. The van der Waals surface area contributed by atoms with Gasteiger partial charge >= 0.3 is 0 Å². The lowest BCUT2D eigenvalue weighted by atomic mass is 9.58. The molecule has 94 valence electrons. The zero-order valence-electron chi connectivity index (χ0n) is 10.8. The molecular formula is C15H22O2. The largest absolute Gasteiger partial charge is 0.393 e. The Labute approximate surface area is 103 Å². The van der Waals surface area contributed by atoms with Gasteiger partial charge in [0.15, 0.2) is 5.78 Å². The van der Waals surface area contributed by atoms with E-state index in [1.807, 2.05) is 6.92 Å². The van der Waals surface area contributed by atoms with Crippen LogP contribution in [0.15, 0.2) is 11.1 Å². The average molecular weight is 234 g/mol. The quantitative estimate of drug-likeness (QED) is 0.699. The SMILES string of the molecule is CC1=C2CCC3(C)C(O)CCC3[C@@H]2CCC1=O. The van der Waals surface area contributed by atoms with Gasteiger partial charge in [-0.1, -0.05) is 12.5 Å². The molecule has 0 amide bonds. The minimum atomic E-state index is -0.119. The van der Waals surface area contributed by atoms with Gasteiger partial charge in [-0.15, -0.1) is 0 Å². The Morgan fingerprint density at radius 3 is 2.76 bits per heavy atom. The summed E-state index contributed by atoms with van der Waals surface area (Å²) in [4.78, 5) is 11.8. The first kappa shape index (κ1) is 11.5. The van der Waals surface area contributed by atoms with E-state index in [0.717, 1.165) is 44.1 Å². The van der Waals surface area contributed by atoms with Crippen molar-refractivity contribution < 1.29 is 9.90 Å². The minimum Gasteiger partial charge on any atom is -0.393 e. The van der Waals surface area contributed by atoms with E-state index in [1.165, 1.54) is 5.57 Å². The van der Waals surface area contributed by atoms with Crippen LogP contribution in [-0.2, 0) is 4.79 Å². The number of carbonyl (C=O) groups excluding carboxylic acids is 1.